The minimum absolute atomic E-state index is 0.0664. The van der Waals surface area contributed by atoms with E-state index in [1.165, 1.54) is 0 Å². The maximum absolute atomic E-state index is 12.0. The molecular weight excluding hydrogens is 252 g/mol. The third-order valence-corrected chi connectivity index (χ3v) is 3.65. The number of piperazine rings is 1. The van der Waals surface area contributed by atoms with Gasteiger partial charge in [-0.15, -0.1) is 0 Å². The molecule has 0 unspecified atom stereocenters. The van der Waals surface area contributed by atoms with Crippen molar-refractivity contribution in [2.24, 2.45) is 0 Å². The lowest BCUT2D eigenvalue weighted by Crippen LogP contribution is -2.54. The van der Waals surface area contributed by atoms with Crippen LogP contribution >= 0.6 is 0 Å². The van der Waals surface area contributed by atoms with Crippen molar-refractivity contribution in [1.29, 1.82) is 0 Å². The molecule has 0 aromatic carbocycles. The van der Waals surface area contributed by atoms with E-state index in [9.17, 15) is 4.79 Å². The van der Waals surface area contributed by atoms with Gasteiger partial charge in [0.25, 0.3) is 0 Å². The highest BCUT2D eigenvalue weighted by Gasteiger charge is 2.26. The Balaban J connectivity index is 1.86. The molecule has 1 aliphatic heterocycles. The molecule has 1 saturated heterocycles. The molecule has 0 aliphatic carbocycles. The summed E-state index contributed by atoms with van der Waals surface area (Å²) in [5, 5.41) is 2.98. The third kappa shape index (κ3) is 3.70. The molecule has 5 nitrogen and oxygen atoms in total. The van der Waals surface area contributed by atoms with Gasteiger partial charge in [-0.05, 0) is 32.9 Å². The predicted octanol–water partition coefficient (Wildman–Crippen LogP) is 1.12. The Kier molecular flexibility index (Phi) is 4.95. The first-order valence-corrected chi connectivity index (χ1v) is 7.28. The van der Waals surface area contributed by atoms with Crippen LogP contribution in [0.25, 0.3) is 0 Å². The number of carbonyl (C=O) groups is 1. The number of aromatic nitrogens is 1. The first kappa shape index (κ1) is 14.8. The summed E-state index contributed by atoms with van der Waals surface area (Å²) in [6.45, 7) is 9.57. The molecule has 20 heavy (non-hydrogen) atoms. The zero-order valence-electron chi connectivity index (χ0n) is 12.5. The van der Waals surface area contributed by atoms with Crippen LogP contribution in [-0.2, 0) is 4.79 Å². The van der Waals surface area contributed by atoms with Crippen molar-refractivity contribution in [3.8, 4) is 0 Å². The number of nitrogens with one attached hydrogen (secondary N) is 1. The quantitative estimate of drug-likeness (QED) is 0.895. The maximum Gasteiger partial charge on any atom is 0.237 e. The van der Waals surface area contributed by atoms with Gasteiger partial charge in [-0.2, -0.15) is 0 Å². The highest BCUT2D eigenvalue weighted by Crippen LogP contribution is 2.14. The zero-order chi connectivity index (χ0) is 14.5. The summed E-state index contributed by atoms with van der Waals surface area (Å²) in [5.41, 5.74) is 0. The fraction of sp³-hybridized carbons (Fsp3) is 0.600. The van der Waals surface area contributed by atoms with Gasteiger partial charge in [0.1, 0.15) is 5.82 Å². The Hall–Kier alpha value is -1.62. The molecule has 0 radical (unpaired) electrons. The van der Waals surface area contributed by atoms with Gasteiger partial charge in [0.05, 0.1) is 6.04 Å². The van der Waals surface area contributed by atoms with Crippen molar-refractivity contribution >= 4 is 11.7 Å². The molecule has 0 bridgehead atoms. The predicted molar refractivity (Wildman–Crippen MR) is 80.8 cm³/mol. The van der Waals surface area contributed by atoms with Crippen LogP contribution in [0.1, 0.15) is 20.8 Å². The summed E-state index contributed by atoms with van der Waals surface area (Å²) < 4.78 is 0. The van der Waals surface area contributed by atoms with Crippen molar-refractivity contribution in [1.82, 2.24) is 15.2 Å². The number of rotatable bonds is 4. The Labute approximate surface area is 121 Å². The lowest BCUT2D eigenvalue weighted by molar-refractivity contribution is -0.126. The topological polar surface area (TPSA) is 48.5 Å². The average molecular weight is 276 g/mol. The number of pyridine rings is 1. The number of carbonyl (C=O) groups excluding carboxylic acids is 1. The largest absolute Gasteiger partial charge is 0.354 e. The molecular formula is C15H24N4O. The Morgan fingerprint density at radius 2 is 1.90 bits per heavy atom. The second-order valence-electron chi connectivity index (χ2n) is 5.55. The summed E-state index contributed by atoms with van der Waals surface area (Å²) in [4.78, 5) is 20.9. The zero-order valence-corrected chi connectivity index (χ0v) is 12.5. The van der Waals surface area contributed by atoms with Gasteiger partial charge in [-0.1, -0.05) is 6.07 Å². The summed E-state index contributed by atoms with van der Waals surface area (Å²) >= 11 is 0. The second kappa shape index (κ2) is 6.70. The van der Waals surface area contributed by atoms with Gasteiger partial charge in [0.2, 0.25) is 5.91 Å². The van der Waals surface area contributed by atoms with Crippen molar-refractivity contribution in [2.45, 2.75) is 32.9 Å². The molecule has 1 aromatic rings. The highest BCUT2D eigenvalue weighted by molar-refractivity contribution is 5.81. The average Bonchev–Trinajstić information content (AvgIpc) is 2.47. The molecule has 1 atom stereocenters. The fourth-order valence-corrected chi connectivity index (χ4v) is 2.45. The van der Waals surface area contributed by atoms with Crippen LogP contribution < -0.4 is 10.2 Å². The van der Waals surface area contributed by atoms with E-state index >= 15 is 0 Å². The number of hydrogen-bond donors (Lipinski definition) is 1. The Bertz CT molecular complexity index is 427. The van der Waals surface area contributed by atoms with E-state index in [1.54, 1.807) is 0 Å². The van der Waals surface area contributed by atoms with E-state index in [1.807, 2.05) is 45.2 Å². The molecule has 1 fully saturated rings. The lowest BCUT2D eigenvalue weighted by atomic mass is 10.2. The SMILES string of the molecule is CC(C)NC(=O)[C@H](C)N1CCN(c2ccccn2)CC1. The molecule has 0 spiro atoms. The lowest BCUT2D eigenvalue weighted by Gasteiger charge is -2.38. The van der Waals surface area contributed by atoms with Crippen molar-refractivity contribution < 1.29 is 4.79 Å². The summed E-state index contributed by atoms with van der Waals surface area (Å²) in [6.07, 6.45) is 1.82. The van der Waals surface area contributed by atoms with Crippen LogP contribution in [0.2, 0.25) is 0 Å². The van der Waals surface area contributed by atoms with Crippen LogP contribution in [0.4, 0.5) is 5.82 Å². The van der Waals surface area contributed by atoms with Gasteiger partial charge in [-0.3, -0.25) is 9.69 Å². The maximum atomic E-state index is 12.0. The highest BCUT2D eigenvalue weighted by atomic mass is 16.2. The summed E-state index contributed by atoms with van der Waals surface area (Å²) in [5.74, 6) is 1.14. The van der Waals surface area contributed by atoms with Gasteiger partial charge >= 0.3 is 0 Å². The van der Waals surface area contributed by atoms with Gasteiger partial charge < -0.3 is 10.2 Å². The van der Waals surface area contributed by atoms with Crippen LogP contribution in [-0.4, -0.2) is 54.1 Å². The normalized spacial score (nSPS) is 18.1. The van der Waals surface area contributed by atoms with Gasteiger partial charge in [-0.25, -0.2) is 4.98 Å². The van der Waals surface area contributed by atoms with E-state index in [2.05, 4.69) is 20.1 Å². The number of hydrogen-bond acceptors (Lipinski definition) is 4. The summed E-state index contributed by atoms with van der Waals surface area (Å²) in [6, 6.07) is 6.10. The van der Waals surface area contributed by atoms with Crippen molar-refractivity contribution in [2.75, 3.05) is 31.1 Å². The first-order chi connectivity index (χ1) is 9.58. The van der Waals surface area contributed by atoms with Gasteiger partial charge in [0.15, 0.2) is 0 Å². The second-order valence-corrected chi connectivity index (χ2v) is 5.55. The monoisotopic (exact) mass is 276 g/mol. The molecule has 1 amide bonds. The fourth-order valence-electron chi connectivity index (χ4n) is 2.45. The van der Waals surface area contributed by atoms with Crippen molar-refractivity contribution in [3.63, 3.8) is 0 Å². The van der Waals surface area contributed by atoms with Crippen LogP contribution in [0.3, 0.4) is 0 Å². The van der Waals surface area contributed by atoms with E-state index in [0.717, 1.165) is 32.0 Å². The molecule has 5 heteroatoms. The molecule has 110 valence electrons. The smallest absolute Gasteiger partial charge is 0.237 e. The Morgan fingerprint density at radius 3 is 2.45 bits per heavy atom. The summed E-state index contributed by atoms with van der Waals surface area (Å²) in [7, 11) is 0. The molecule has 2 heterocycles. The van der Waals surface area contributed by atoms with Crippen molar-refractivity contribution in [3.05, 3.63) is 24.4 Å². The molecule has 0 saturated carbocycles. The molecule has 1 aromatic heterocycles. The Morgan fingerprint density at radius 1 is 1.20 bits per heavy atom. The van der Waals surface area contributed by atoms with Crippen LogP contribution in [0.5, 0.6) is 0 Å². The van der Waals surface area contributed by atoms with E-state index in [-0.39, 0.29) is 18.0 Å². The first-order valence-electron chi connectivity index (χ1n) is 7.28. The van der Waals surface area contributed by atoms with Crippen LogP contribution in [0.15, 0.2) is 24.4 Å². The number of amides is 1. The van der Waals surface area contributed by atoms with Crippen LogP contribution in [0, 0.1) is 0 Å². The number of nitrogens with zero attached hydrogens (tertiary/aromatic N) is 3. The molecule has 2 rings (SSSR count). The van der Waals surface area contributed by atoms with Gasteiger partial charge in [0, 0.05) is 38.4 Å². The molecule has 1 aliphatic rings. The standard InChI is InChI=1S/C15H24N4O/c1-12(2)17-15(20)13(3)18-8-10-19(11-9-18)14-6-4-5-7-16-14/h4-7,12-13H,8-11H2,1-3H3,(H,17,20)/t13-/m0/s1. The number of anilines is 1. The minimum atomic E-state index is -0.0664. The van der Waals surface area contributed by atoms with E-state index < -0.39 is 0 Å². The third-order valence-electron chi connectivity index (χ3n) is 3.65. The van der Waals surface area contributed by atoms with E-state index in [4.69, 9.17) is 0 Å². The van der Waals surface area contributed by atoms with E-state index in [0.29, 0.717) is 0 Å². The molecule has 1 N–H and O–H groups in total. The minimum Gasteiger partial charge on any atom is -0.354 e.